The summed E-state index contributed by atoms with van der Waals surface area (Å²) in [5.41, 5.74) is 2.38. The van der Waals surface area contributed by atoms with Crippen LogP contribution in [0.4, 0.5) is 0 Å². The average molecular weight is 217 g/mol. The Bertz CT molecular complexity index is 447. The number of aliphatic hydroxyl groups excluding tert-OH is 1. The maximum Gasteiger partial charge on any atom is 0.0580 e. The molecule has 1 heterocycles. The molecule has 2 rings (SSSR count). The molecule has 0 aliphatic heterocycles. The monoisotopic (exact) mass is 217 g/mol. The molecule has 2 aromatic rings. The third kappa shape index (κ3) is 2.64. The molecule has 0 saturated heterocycles. The van der Waals surface area contributed by atoms with E-state index in [1.54, 1.807) is 0 Å². The van der Waals surface area contributed by atoms with E-state index in [9.17, 15) is 5.11 Å². The maximum absolute atomic E-state index is 9.85. The van der Waals surface area contributed by atoms with Gasteiger partial charge in [-0.2, -0.15) is 0 Å². The van der Waals surface area contributed by atoms with Crippen LogP contribution < -0.4 is 0 Å². The van der Waals surface area contributed by atoms with Gasteiger partial charge in [-0.3, -0.25) is 0 Å². The normalized spacial score (nSPS) is 13.1. The Morgan fingerprint density at radius 1 is 1.31 bits per heavy atom. The van der Waals surface area contributed by atoms with E-state index >= 15 is 0 Å². The molecule has 0 amide bonds. The second kappa shape index (κ2) is 5.17. The summed E-state index contributed by atoms with van der Waals surface area (Å²) in [5, 5.41) is 11.1. The van der Waals surface area contributed by atoms with E-state index in [1.165, 1.54) is 10.9 Å². The van der Waals surface area contributed by atoms with Crippen molar-refractivity contribution in [2.75, 3.05) is 0 Å². The molecule has 1 unspecified atom stereocenters. The van der Waals surface area contributed by atoms with Gasteiger partial charge in [-0.25, -0.2) is 0 Å². The molecule has 0 saturated carbocycles. The van der Waals surface area contributed by atoms with E-state index < -0.39 is 0 Å². The van der Waals surface area contributed by atoms with Crippen LogP contribution in [0.15, 0.2) is 30.5 Å². The molecule has 0 radical (unpaired) electrons. The van der Waals surface area contributed by atoms with Crippen molar-refractivity contribution < 1.29 is 5.11 Å². The summed E-state index contributed by atoms with van der Waals surface area (Å²) in [7, 11) is 0. The second-order valence-corrected chi connectivity index (χ2v) is 4.40. The highest BCUT2D eigenvalue weighted by atomic mass is 16.3. The Morgan fingerprint density at radius 3 is 3.00 bits per heavy atom. The third-order valence-electron chi connectivity index (χ3n) is 2.98. The summed E-state index contributed by atoms with van der Waals surface area (Å²) in [6.07, 6.45) is 5.67. The average Bonchev–Trinajstić information content (AvgIpc) is 2.73. The summed E-state index contributed by atoms with van der Waals surface area (Å²) >= 11 is 0. The highest BCUT2D eigenvalue weighted by Crippen LogP contribution is 2.16. The number of aromatic nitrogens is 1. The van der Waals surface area contributed by atoms with E-state index in [2.05, 4.69) is 36.2 Å². The van der Waals surface area contributed by atoms with Crippen LogP contribution in [0.3, 0.4) is 0 Å². The highest BCUT2D eigenvalue weighted by molar-refractivity contribution is 5.79. The van der Waals surface area contributed by atoms with Crippen molar-refractivity contribution in [3.05, 3.63) is 36.0 Å². The molecule has 1 atom stereocenters. The molecule has 1 aromatic carbocycles. The summed E-state index contributed by atoms with van der Waals surface area (Å²) in [5.74, 6) is 0. The minimum absolute atomic E-state index is 0.198. The van der Waals surface area contributed by atoms with Gasteiger partial charge in [0, 0.05) is 11.7 Å². The Morgan fingerprint density at radius 2 is 2.19 bits per heavy atom. The lowest BCUT2D eigenvalue weighted by molar-refractivity contribution is 0.162. The first-order chi connectivity index (χ1) is 7.79. The maximum atomic E-state index is 9.85. The number of H-pyrrole nitrogens is 1. The van der Waals surface area contributed by atoms with Crippen molar-refractivity contribution in [2.45, 2.75) is 38.7 Å². The quantitative estimate of drug-likeness (QED) is 0.792. The fourth-order valence-corrected chi connectivity index (χ4v) is 2.04. The zero-order valence-corrected chi connectivity index (χ0v) is 9.74. The molecule has 0 bridgehead atoms. The number of hydrogen-bond acceptors (Lipinski definition) is 1. The number of fused-ring (bicyclic) bond motifs is 1. The van der Waals surface area contributed by atoms with Crippen molar-refractivity contribution in [1.82, 2.24) is 4.98 Å². The number of nitrogens with one attached hydrogen (secondary N) is 1. The van der Waals surface area contributed by atoms with E-state index in [-0.39, 0.29) is 6.10 Å². The lowest BCUT2D eigenvalue weighted by Gasteiger charge is -2.09. The molecule has 16 heavy (non-hydrogen) atoms. The first-order valence-corrected chi connectivity index (χ1v) is 6.03. The minimum Gasteiger partial charge on any atom is -0.393 e. The van der Waals surface area contributed by atoms with Gasteiger partial charge in [0.1, 0.15) is 0 Å². The van der Waals surface area contributed by atoms with Gasteiger partial charge in [-0.15, -0.1) is 0 Å². The Kier molecular flexibility index (Phi) is 3.62. The van der Waals surface area contributed by atoms with E-state index in [0.29, 0.717) is 0 Å². The smallest absolute Gasteiger partial charge is 0.0580 e. The topological polar surface area (TPSA) is 36.0 Å². The number of aromatic amines is 1. The van der Waals surface area contributed by atoms with Crippen molar-refractivity contribution >= 4 is 10.9 Å². The van der Waals surface area contributed by atoms with Crippen LogP contribution in [0.5, 0.6) is 0 Å². The lowest BCUT2D eigenvalue weighted by Crippen LogP contribution is -2.09. The van der Waals surface area contributed by atoms with Crippen LogP contribution >= 0.6 is 0 Å². The fourth-order valence-electron chi connectivity index (χ4n) is 2.04. The number of hydrogen-bond donors (Lipinski definition) is 2. The van der Waals surface area contributed by atoms with Crippen LogP contribution in [0.2, 0.25) is 0 Å². The number of benzene rings is 1. The summed E-state index contributed by atoms with van der Waals surface area (Å²) in [6, 6.07) is 8.39. The van der Waals surface area contributed by atoms with Gasteiger partial charge in [0.15, 0.2) is 0 Å². The summed E-state index contributed by atoms with van der Waals surface area (Å²) < 4.78 is 0. The van der Waals surface area contributed by atoms with Gasteiger partial charge in [-0.05, 0) is 42.0 Å². The van der Waals surface area contributed by atoms with Gasteiger partial charge in [0.2, 0.25) is 0 Å². The van der Waals surface area contributed by atoms with Crippen molar-refractivity contribution in [2.24, 2.45) is 0 Å². The van der Waals surface area contributed by atoms with Gasteiger partial charge in [-0.1, -0.05) is 25.8 Å². The molecule has 2 nitrogen and oxygen atoms in total. The van der Waals surface area contributed by atoms with Crippen LogP contribution in [0, 0.1) is 0 Å². The van der Waals surface area contributed by atoms with Crippen molar-refractivity contribution in [1.29, 1.82) is 0 Å². The van der Waals surface area contributed by atoms with Crippen molar-refractivity contribution in [3.8, 4) is 0 Å². The van der Waals surface area contributed by atoms with Gasteiger partial charge < -0.3 is 10.1 Å². The van der Waals surface area contributed by atoms with E-state index in [0.717, 1.165) is 31.2 Å². The van der Waals surface area contributed by atoms with Crippen LogP contribution in [0.25, 0.3) is 10.9 Å². The highest BCUT2D eigenvalue weighted by Gasteiger charge is 2.05. The Hall–Kier alpha value is -1.28. The van der Waals surface area contributed by atoms with Crippen LogP contribution in [0.1, 0.15) is 31.7 Å². The van der Waals surface area contributed by atoms with Gasteiger partial charge in [0.05, 0.1) is 6.10 Å². The fraction of sp³-hybridized carbons (Fsp3) is 0.429. The molecule has 0 spiro atoms. The number of aliphatic hydroxyl groups is 1. The summed E-state index contributed by atoms with van der Waals surface area (Å²) in [6.45, 7) is 2.15. The van der Waals surface area contributed by atoms with Gasteiger partial charge in [0.25, 0.3) is 0 Å². The molecule has 0 fully saturated rings. The van der Waals surface area contributed by atoms with Crippen LogP contribution in [-0.2, 0) is 6.42 Å². The number of rotatable bonds is 5. The second-order valence-electron chi connectivity index (χ2n) is 4.40. The number of unbranched alkanes of at least 4 members (excludes halogenated alkanes) is 1. The molecule has 0 aliphatic rings. The molecule has 86 valence electrons. The largest absolute Gasteiger partial charge is 0.393 e. The molecule has 2 N–H and O–H groups in total. The minimum atomic E-state index is -0.198. The molecular weight excluding hydrogens is 198 g/mol. The first-order valence-electron chi connectivity index (χ1n) is 6.03. The SMILES string of the molecule is CCCCC(O)Cc1ccc2[nH]ccc2c1. The Balaban J connectivity index is 2.03. The third-order valence-corrected chi connectivity index (χ3v) is 2.98. The van der Waals surface area contributed by atoms with Gasteiger partial charge >= 0.3 is 0 Å². The molecular formula is C14H19NO. The zero-order chi connectivity index (χ0) is 11.4. The predicted octanol–water partition coefficient (Wildman–Crippen LogP) is 3.26. The Labute approximate surface area is 96.3 Å². The zero-order valence-electron chi connectivity index (χ0n) is 9.74. The molecule has 1 aromatic heterocycles. The van der Waals surface area contributed by atoms with Crippen LogP contribution in [-0.4, -0.2) is 16.2 Å². The van der Waals surface area contributed by atoms with E-state index in [1.807, 2.05) is 6.20 Å². The summed E-state index contributed by atoms with van der Waals surface area (Å²) in [4.78, 5) is 3.17. The van der Waals surface area contributed by atoms with Crippen molar-refractivity contribution in [3.63, 3.8) is 0 Å². The standard InChI is InChI=1S/C14H19NO/c1-2-3-4-13(16)10-11-5-6-14-12(9-11)7-8-15-14/h5-9,13,15-16H,2-4,10H2,1H3. The molecule has 2 heteroatoms. The van der Waals surface area contributed by atoms with E-state index in [4.69, 9.17) is 0 Å². The first kappa shape index (κ1) is 11.2. The predicted molar refractivity (Wildman–Crippen MR) is 67.5 cm³/mol. The molecule has 0 aliphatic carbocycles. The lowest BCUT2D eigenvalue weighted by atomic mass is 10.0.